The van der Waals surface area contributed by atoms with E-state index >= 15 is 0 Å². The second-order valence-corrected chi connectivity index (χ2v) is 6.00. The number of aromatic hydroxyl groups is 1. The number of aromatic nitrogens is 1. The number of H-pyrrole nitrogens is 1. The highest BCUT2D eigenvalue weighted by atomic mass is 19.2. The largest absolute Gasteiger partial charge is 0.494 e. The molecule has 0 fully saturated rings. The Morgan fingerprint density at radius 1 is 0.931 bits per heavy atom. The Morgan fingerprint density at radius 3 is 2.17 bits per heavy atom. The summed E-state index contributed by atoms with van der Waals surface area (Å²) in [6, 6.07) is 7.70. The maximum atomic E-state index is 14.2. The van der Waals surface area contributed by atoms with E-state index in [-0.39, 0.29) is 22.4 Å². The summed E-state index contributed by atoms with van der Waals surface area (Å²) in [6.07, 6.45) is 0. The SMILES string of the molecule is N#Cc1cccc(-c2[nH]c(O)c3c2C(=O)N=C3c2c(F)c(F)c(F)c(F)c2F)c1. The van der Waals surface area contributed by atoms with Crippen LogP contribution in [0.5, 0.6) is 5.88 Å². The topological polar surface area (TPSA) is 89.2 Å². The molecular formula is C19H6F5N3O2. The Balaban J connectivity index is 1.98. The highest BCUT2D eigenvalue weighted by Gasteiger charge is 2.38. The number of nitriles is 1. The number of fused-ring (bicyclic) bond motifs is 1. The lowest BCUT2D eigenvalue weighted by Gasteiger charge is -2.08. The first-order chi connectivity index (χ1) is 13.8. The van der Waals surface area contributed by atoms with Crippen LogP contribution in [-0.4, -0.2) is 21.7 Å². The van der Waals surface area contributed by atoms with Gasteiger partial charge in [-0.15, -0.1) is 0 Å². The third kappa shape index (κ3) is 2.51. The number of rotatable bonds is 2. The fourth-order valence-electron chi connectivity index (χ4n) is 3.10. The van der Waals surface area contributed by atoms with Crippen molar-refractivity contribution in [2.75, 3.05) is 0 Å². The van der Waals surface area contributed by atoms with Gasteiger partial charge in [-0.25, -0.2) is 26.9 Å². The van der Waals surface area contributed by atoms with Gasteiger partial charge in [0.15, 0.2) is 29.1 Å². The Hall–Kier alpha value is -4.00. The van der Waals surface area contributed by atoms with Gasteiger partial charge in [0.2, 0.25) is 5.82 Å². The molecule has 4 rings (SSSR count). The average Bonchev–Trinajstić information content (AvgIpc) is 3.24. The first-order valence-electron chi connectivity index (χ1n) is 7.86. The van der Waals surface area contributed by atoms with E-state index in [1.807, 2.05) is 6.07 Å². The molecule has 1 aromatic heterocycles. The Labute approximate surface area is 158 Å². The van der Waals surface area contributed by atoms with Gasteiger partial charge < -0.3 is 10.1 Å². The number of hydrogen-bond donors (Lipinski definition) is 2. The van der Waals surface area contributed by atoms with E-state index < -0.39 is 57.7 Å². The highest BCUT2D eigenvalue weighted by molar-refractivity contribution is 6.30. The van der Waals surface area contributed by atoms with E-state index in [1.54, 1.807) is 0 Å². The second kappa shape index (κ2) is 6.27. The zero-order chi connectivity index (χ0) is 21.0. The van der Waals surface area contributed by atoms with Crippen LogP contribution < -0.4 is 0 Å². The monoisotopic (exact) mass is 403 g/mol. The van der Waals surface area contributed by atoms with Gasteiger partial charge in [-0.3, -0.25) is 4.79 Å². The van der Waals surface area contributed by atoms with Crippen LogP contribution >= 0.6 is 0 Å². The zero-order valence-corrected chi connectivity index (χ0v) is 13.9. The molecule has 1 amide bonds. The highest BCUT2D eigenvalue weighted by Crippen LogP contribution is 2.39. The molecular weight excluding hydrogens is 397 g/mol. The number of nitrogens with zero attached hydrogens (tertiary/aromatic N) is 2. The predicted octanol–water partition coefficient (Wildman–Crippen LogP) is 3.95. The summed E-state index contributed by atoms with van der Waals surface area (Å²) >= 11 is 0. The summed E-state index contributed by atoms with van der Waals surface area (Å²) in [4.78, 5) is 18.2. The first-order valence-corrected chi connectivity index (χ1v) is 7.86. The fourth-order valence-corrected chi connectivity index (χ4v) is 3.10. The van der Waals surface area contributed by atoms with Crippen LogP contribution in [0.4, 0.5) is 22.0 Å². The second-order valence-electron chi connectivity index (χ2n) is 6.00. The molecule has 5 nitrogen and oxygen atoms in total. The molecule has 144 valence electrons. The van der Waals surface area contributed by atoms with Gasteiger partial charge in [0.1, 0.15) is 0 Å². The normalized spacial score (nSPS) is 12.7. The van der Waals surface area contributed by atoms with Crippen LogP contribution in [0.3, 0.4) is 0 Å². The van der Waals surface area contributed by atoms with E-state index in [2.05, 4.69) is 9.98 Å². The zero-order valence-electron chi connectivity index (χ0n) is 13.9. The summed E-state index contributed by atoms with van der Waals surface area (Å²) in [5.74, 6) is -13.0. The number of nitrogens with one attached hydrogen (secondary N) is 1. The van der Waals surface area contributed by atoms with Crippen molar-refractivity contribution in [1.82, 2.24) is 4.98 Å². The van der Waals surface area contributed by atoms with Crippen LogP contribution in [0.25, 0.3) is 11.3 Å². The third-order valence-corrected chi connectivity index (χ3v) is 4.37. The minimum Gasteiger partial charge on any atom is -0.494 e. The van der Waals surface area contributed by atoms with Crippen LogP contribution in [-0.2, 0) is 0 Å². The molecule has 10 heteroatoms. The lowest BCUT2D eigenvalue weighted by Crippen LogP contribution is -2.13. The number of aliphatic imine (C=N–C) groups is 1. The van der Waals surface area contributed by atoms with Gasteiger partial charge in [0, 0.05) is 5.56 Å². The maximum absolute atomic E-state index is 14.2. The van der Waals surface area contributed by atoms with Gasteiger partial charge >= 0.3 is 0 Å². The summed E-state index contributed by atoms with van der Waals surface area (Å²) in [7, 11) is 0. The molecule has 0 saturated heterocycles. The lowest BCUT2D eigenvalue weighted by molar-refractivity contribution is 0.101. The van der Waals surface area contributed by atoms with Gasteiger partial charge in [-0.05, 0) is 12.1 Å². The average molecular weight is 403 g/mol. The summed E-state index contributed by atoms with van der Waals surface area (Å²) in [5.41, 5.74) is -2.69. The van der Waals surface area contributed by atoms with Crippen molar-refractivity contribution in [2.24, 2.45) is 4.99 Å². The summed E-state index contributed by atoms with van der Waals surface area (Å²) in [5, 5.41) is 19.2. The molecule has 0 radical (unpaired) electrons. The predicted molar refractivity (Wildman–Crippen MR) is 88.8 cm³/mol. The summed E-state index contributed by atoms with van der Waals surface area (Å²) < 4.78 is 68.9. The molecule has 0 unspecified atom stereocenters. The molecule has 1 aliphatic heterocycles. The van der Waals surface area contributed by atoms with Gasteiger partial charge in [0.05, 0.1) is 39.7 Å². The molecule has 2 aromatic carbocycles. The van der Waals surface area contributed by atoms with Crippen LogP contribution in [0, 0.1) is 40.4 Å². The number of carbonyl (C=O) groups excluding carboxylic acids is 1. The molecule has 0 bridgehead atoms. The molecule has 29 heavy (non-hydrogen) atoms. The smallest absolute Gasteiger partial charge is 0.280 e. The van der Waals surface area contributed by atoms with E-state index in [4.69, 9.17) is 5.26 Å². The standard InChI is InChI=1S/C19H6F5N3O2/c20-11-10(12(21)14(23)15(24)13(11)22)17-9-8(18(28)27-17)16(26-19(9)29)7-3-1-2-6(4-7)5-25/h1-4,26,29H. The minimum atomic E-state index is -2.36. The number of carbonyl (C=O) groups is 1. The van der Waals surface area contributed by atoms with Gasteiger partial charge in [-0.1, -0.05) is 12.1 Å². The molecule has 0 saturated carbocycles. The van der Waals surface area contributed by atoms with Crippen LogP contribution in [0.2, 0.25) is 0 Å². The van der Waals surface area contributed by atoms with E-state index in [1.165, 1.54) is 24.3 Å². The van der Waals surface area contributed by atoms with Crippen molar-refractivity contribution in [3.8, 4) is 23.2 Å². The van der Waals surface area contributed by atoms with Crippen molar-refractivity contribution >= 4 is 11.6 Å². The van der Waals surface area contributed by atoms with Crippen molar-refractivity contribution in [3.63, 3.8) is 0 Å². The number of amides is 1. The number of aromatic amines is 1. The molecule has 0 atom stereocenters. The number of halogens is 5. The Kier molecular flexibility index (Phi) is 3.97. The first kappa shape index (κ1) is 18.4. The molecule has 0 spiro atoms. The van der Waals surface area contributed by atoms with Crippen molar-refractivity contribution < 1.29 is 31.9 Å². The molecule has 0 aliphatic carbocycles. The maximum Gasteiger partial charge on any atom is 0.280 e. The van der Waals surface area contributed by atoms with E-state index in [0.717, 1.165) is 0 Å². The molecule has 2 heterocycles. The van der Waals surface area contributed by atoms with E-state index in [0.29, 0.717) is 0 Å². The molecule has 1 aliphatic rings. The molecule has 3 aromatic rings. The quantitative estimate of drug-likeness (QED) is 0.386. The van der Waals surface area contributed by atoms with Crippen molar-refractivity contribution in [1.29, 1.82) is 5.26 Å². The minimum absolute atomic E-state index is 0.0257. The Bertz CT molecular complexity index is 1280. The summed E-state index contributed by atoms with van der Waals surface area (Å²) in [6.45, 7) is 0. The third-order valence-electron chi connectivity index (χ3n) is 4.37. The Morgan fingerprint density at radius 2 is 1.55 bits per heavy atom. The van der Waals surface area contributed by atoms with Crippen molar-refractivity contribution in [2.45, 2.75) is 0 Å². The number of hydrogen-bond acceptors (Lipinski definition) is 3. The van der Waals surface area contributed by atoms with Crippen LogP contribution in [0.1, 0.15) is 27.0 Å². The van der Waals surface area contributed by atoms with Gasteiger partial charge in [-0.2, -0.15) is 5.26 Å². The number of benzene rings is 2. The van der Waals surface area contributed by atoms with E-state index in [9.17, 15) is 31.9 Å². The van der Waals surface area contributed by atoms with Gasteiger partial charge in [0.25, 0.3) is 5.91 Å². The molecule has 2 N–H and O–H groups in total. The lowest BCUT2D eigenvalue weighted by atomic mass is 9.98. The van der Waals surface area contributed by atoms with Crippen LogP contribution in [0.15, 0.2) is 29.3 Å². The van der Waals surface area contributed by atoms with Crippen molar-refractivity contribution in [3.05, 3.63) is 75.6 Å². The fraction of sp³-hybridized carbons (Fsp3) is 0.